The van der Waals surface area contributed by atoms with Gasteiger partial charge in [-0.3, -0.25) is 9.48 Å². The summed E-state index contributed by atoms with van der Waals surface area (Å²) < 4.78 is 2.29. The van der Waals surface area contributed by atoms with Gasteiger partial charge in [-0.1, -0.05) is 0 Å². The molecule has 10 heteroatoms. The molecule has 2 saturated carbocycles. The first-order valence-electron chi connectivity index (χ1n) is 13.9. The van der Waals surface area contributed by atoms with Crippen molar-refractivity contribution >= 4 is 23.1 Å². The SMILES string of the molecule is CNc1c(C(C)=N)nc(C)nc1N1CCc2c(c(C)nn2CC23CCC(NC(=O)CCN(C)C)(CC2)C3)C1. The normalized spacial score (nSPS) is 24.1. The van der Waals surface area contributed by atoms with Gasteiger partial charge in [0.1, 0.15) is 17.2 Å². The molecule has 3 N–H and O–H groups in total. The number of hydrogen-bond donors (Lipinski definition) is 3. The standard InChI is InChI=1S/C28H43N9O/c1-18(29)24-25(30-4)26(32-20(3)31-24)36-14-7-22-21(15-36)19(2)34-37(22)17-27-9-11-28(16-27,12-10-27)33-23(38)8-13-35(5)6/h29-30H,7-17H2,1-6H3,(H,33,38). The fourth-order valence-electron chi connectivity index (χ4n) is 6.98. The van der Waals surface area contributed by atoms with Crippen molar-refractivity contribution in [3.8, 4) is 0 Å². The van der Waals surface area contributed by atoms with Crippen LogP contribution in [-0.4, -0.2) is 76.0 Å². The molecular weight excluding hydrogens is 478 g/mol. The fraction of sp³-hybridized carbons (Fsp3) is 0.679. The van der Waals surface area contributed by atoms with Crippen LogP contribution >= 0.6 is 0 Å². The molecule has 0 atom stereocenters. The smallest absolute Gasteiger partial charge is 0.221 e. The summed E-state index contributed by atoms with van der Waals surface area (Å²) in [7, 11) is 5.89. The van der Waals surface area contributed by atoms with Crippen molar-refractivity contribution in [1.82, 2.24) is 30.0 Å². The van der Waals surface area contributed by atoms with Gasteiger partial charge >= 0.3 is 0 Å². The minimum Gasteiger partial charge on any atom is -0.383 e. The van der Waals surface area contributed by atoms with Gasteiger partial charge in [-0.05, 0) is 72.4 Å². The predicted molar refractivity (Wildman–Crippen MR) is 150 cm³/mol. The molecule has 0 radical (unpaired) electrons. The van der Waals surface area contributed by atoms with Crippen molar-refractivity contribution in [2.45, 2.75) is 84.3 Å². The lowest BCUT2D eigenvalue weighted by molar-refractivity contribution is -0.123. The van der Waals surface area contributed by atoms with Gasteiger partial charge < -0.3 is 25.8 Å². The molecule has 2 fully saturated rings. The minimum absolute atomic E-state index is 0.0262. The molecule has 3 heterocycles. The lowest BCUT2D eigenvalue weighted by Gasteiger charge is -2.32. The van der Waals surface area contributed by atoms with Gasteiger partial charge in [-0.15, -0.1) is 0 Å². The summed E-state index contributed by atoms with van der Waals surface area (Å²) in [5, 5.41) is 19.9. The molecule has 1 amide bonds. The molecule has 38 heavy (non-hydrogen) atoms. The van der Waals surface area contributed by atoms with Gasteiger partial charge in [0.05, 0.1) is 11.4 Å². The zero-order chi connectivity index (χ0) is 27.2. The number of carbonyl (C=O) groups excluding carboxylic acids is 1. The molecule has 2 aliphatic carbocycles. The van der Waals surface area contributed by atoms with Gasteiger partial charge in [-0.25, -0.2) is 9.97 Å². The Hall–Kier alpha value is -3.01. The highest BCUT2D eigenvalue weighted by atomic mass is 16.1. The van der Waals surface area contributed by atoms with Crippen LogP contribution in [0.15, 0.2) is 0 Å². The summed E-state index contributed by atoms with van der Waals surface area (Å²) in [4.78, 5) is 26.3. The van der Waals surface area contributed by atoms with Crippen molar-refractivity contribution in [3.05, 3.63) is 28.5 Å². The fourth-order valence-corrected chi connectivity index (χ4v) is 6.98. The van der Waals surface area contributed by atoms with Crippen LogP contribution in [0.5, 0.6) is 0 Å². The molecule has 3 aliphatic rings. The molecule has 10 nitrogen and oxygen atoms in total. The average Bonchev–Trinajstić information content (AvgIpc) is 3.51. The van der Waals surface area contributed by atoms with Crippen LogP contribution in [-0.2, 0) is 24.3 Å². The Morgan fingerprint density at radius 1 is 1.16 bits per heavy atom. The predicted octanol–water partition coefficient (Wildman–Crippen LogP) is 3.05. The Labute approximate surface area is 226 Å². The van der Waals surface area contributed by atoms with E-state index in [1.54, 1.807) is 6.92 Å². The summed E-state index contributed by atoms with van der Waals surface area (Å²) in [5.41, 5.74) is 5.81. The van der Waals surface area contributed by atoms with Gasteiger partial charge in [0.25, 0.3) is 0 Å². The lowest BCUT2D eigenvalue weighted by Crippen LogP contribution is -2.45. The Morgan fingerprint density at radius 2 is 1.89 bits per heavy atom. The second-order valence-corrected chi connectivity index (χ2v) is 12.1. The van der Waals surface area contributed by atoms with Crippen LogP contribution in [0.25, 0.3) is 0 Å². The Balaban J connectivity index is 1.32. The number of hydrogen-bond acceptors (Lipinski definition) is 8. The van der Waals surface area contributed by atoms with E-state index < -0.39 is 0 Å². The van der Waals surface area contributed by atoms with Crippen LogP contribution in [0, 0.1) is 24.7 Å². The molecule has 1 aliphatic heterocycles. The molecule has 2 aromatic heterocycles. The third-order valence-corrected chi connectivity index (χ3v) is 8.90. The monoisotopic (exact) mass is 521 g/mol. The van der Waals surface area contributed by atoms with Gasteiger partial charge in [0, 0.05) is 62.9 Å². The number of anilines is 2. The van der Waals surface area contributed by atoms with E-state index >= 15 is 0 Å². The third-order valence-electron chi connectivity index (χ3n) is 8.90. The highest BCUT2D eigenvalue weighted by Crippen LogP contribution is 2.57. The molecule has 0 unspecified atom stereocenters. The number of nitrogens with one attached hydrogen (secondary N) is 3. The number of fused-ring (bicyclic) bond motifs is 3. The Morgan fingerprint density at radius 3 is 2.55 bits per heavy atom. The average molecular weight is 522 g/mol. The van der Waals surface area contributed by atoms with Crippen molar-refractivity contribution in [3.63, 3.8) is 0 Å². The quantitative estimate of drug-likeness (QED) is 0.435. The number of carbonyl (C=O) groups is 1. The summed E-state index contributed by atoms with van der Waals surface area (Å²) in [6.07, 6.45) is 6.98. The van der Waals surface area contributed by atoms with E-state index in [0.29, 0.717) is 23.7 Å². The van der Waals surface area contributed by atoms with Crippen molar-refractivity contribution in [1.29, 1.82) is 5.41 Å². The number of aromatic nitrogens is 4. The van der Waals surface area contributed by atoms with Crippen LogP contribution in [0.2, 0.25) is 0 Å². The van der Waals surface area contributed by atoms with E-state index in [9.17, 15) is 4.79 Å². The molecule has 206 valence electrons. The van der Waals surface area contributed by atoms with Gasteiger partial charge in [0.2, 0.25) is 5.91 Å². The maximum absolute atomic E-state index is 12.6. The maximum atomic E-state index is 12.6. The molecule has 2 aromatic rings. The van der Waals surface area contributed by atoms with Crippen molar-refractivity contribution in [2.24, 2.45) is 5.41 Å². The third kappa shape index (κ3) is 4.90. The number of rotatable bonds is 9. The summed E-state index contributed by atoms with van der Waals surface area (Å²) >= 11 is 0. The second kappa shape index (κ2) is 9.94. The minimum atomic E-state index is -0.0262. The number of aryl methyl sites for hydroxylation is 2. The maximum Gasteiger partial charge on any atom is 0.221 e. The molecule has 0 saturated heterocycles. The summed E-state index contributed by atoms with van der Waals surface area (Å²) in [6, 6.07) is 0. The van der Waals surface area contributed by atoms with E-state index in [2.05, 4.69) is 37.0 Å². The van der Waals surface area contributed by atoms with Gasteiger partial charge in [-0.2, -0.15) is 5.10 Å². The molecule has 2 bridgehead atoms. The first kappa shape index (κ1) is 26.6. The topological polar surface area (TPSA) is 115 Å². The summed E-state index contributed by atoms with van der Waals surface area (Å²) in [6.45, 7) is 9.09. The van der Waals surface area contributed by atoms with E-state index in [1.807, 2.05) is 28.1 Å². The zero-order valence-electron chi connectivity index (χ0n) is 23.9. The highest BCUT2D eigenvalue weighted by molar-refractivity contribution is 6.01. The van der Waals surface area contributed by atoms with Crippen LogP contribution < -0.4 is 15.5 Å². The first-order chi connectivity index (χ1) is 18.0. The van der Waals surface area contributed by atoms with Crippen LogP contribution in [0.4, 0.5) is 11.5 Å². The molecule has 0 spiro atoms. The van der Waals surface area contributed by atoms with E-state index in [0.717, 1.165) is 81.9 Å². The largest absolute Gasteiger partial charge is 0.383 e. The van der Waals surface area contributed by atoms with E-state index in [1.165, 1.54) is 11.3 Å². The Kier molecular flexibility index (Phi) is 6.96. The first-order valence-corrected chi connectivity index (χ1v) is 13.9. The number of amides is 1. The zero-order valence-corrected chi connectivity index (χ0v) is 23.9. The number of nitrogens with zero attached hydrogens (tertiary/aromatic N) is 6. The van der Waals surface area contributed by atoms with E-state index in [-0.39, 0.29) is 16.9 Å². The molecule has 5 rings (SSSR count). The van der Waals surface area contributed by atoms with Gasteiger partial charge in [0.15, 0.2) is 5.82 Å². The van der Waals surface area contributed by atoms with Crippen LogP contribution in [0.1, 0.15) is 73.9 Å². The van der Waals surface area contributed by atoms with Crippen LogP contribution in [0.3, 0.4) is 0 Å². The second-order valence-electron chi connectivity index (χ2n) is 12.1. The molecular formula is C28H43N9O. The van der Waals surface area contributed by atoms with Crippen molar-refractivity contribution in [2.75, 3.05) is 44.4 Å². The Bertz CT molecular complexity index is 1240. The lowest BCUT2D eigenvalue weighted by atomic mass is 9.84. The van der Waals surface area contributed by atoms with E-state index in [4.69, 9.17) is 15.5 Å². The summed E-state index contributed by atoms with van der Waals surface area (Å²) in [5.74, 6) is 1.73. The molecule has 0 aromatic carbocycles. The van der Waals surface area contributed by atoms with Crippen molar-refractivity contribution < 1.29 is 4.79 Å². The highest BCUT2D eigenvalue weighted by Gasteiger charge is 2.55.